The molecule has 0 atom stereocenters. The first kappa shape index (κ1) is 22.2. The van der Waals surface area contributed by atoms with Crippen molar-refractivity contribution in [3.63, 3.8) is 0 Å². The standard InChI is InChI=1S/C32H29N3O/c1-22-8-12-27(13-9-22)35(28-14-10-23(2)11-15-28)29-16-17-31-26(20-29)21-32(36-31)24(3)33-34-19-18-25-6-4-5-7-30(25)34/h4-17,20-21H,18-19H2,1-3H3/b33-24+. The Kier molecular flexibility index (Phi) is 5.57. The summed E-state index contributed by atoms with van der Waals surface area (Å²) in [4.78, 5) is 2.28. The Morgan fingerprint density at radius 1 is 0.778 bits per heavy atom. The van der Waals surface area contributed by atoms with E-state index in [1.807, 2.05) is 6.92 Å². The van der Waals surface area contributed by atoms with E-state index in [0.717, 1.165) is 52.5 Å². The predicted molar refractivity (Wildman–Crippen MR) is 150 cm³/mol. The van der Waals surface area contributed by atoms with Gasteiger partial charge in [0.2, 0.25) is 0 Å². The van der Waals surface area contributed by atoms with Crippen LogP contribution in [0.4, 0.5) is 22.7 Å². The zero-order valence-corrected chi connectivity index (χ0v) is 20.9. The second kappa shape index (κ2) is 9.04. The summed E-state index contributed by atoms with van der Waals surface area (Å²) in [5, 5.41) is 8.04. The monoisotopic (exact) mass is 471 g/mol. The van der Waals surface area contributed by atoms with E-state index in [1.54, 1.807) is 0 Å². The molecule has 4 heteroatoms. The fraction of sp³-hybridized carbons (Fsp3) is 0.156. The minimum Gasteiger partial charge on any atom is -0.455 e. The first-order valence-electron chi connectivity index (χ1n) is 12.4. The van der Waals surface area contributed by atoms with E-state index in [9.17, 15) is 0 Å². The molecule has 0 saturated heterocycles. The van der Waals surface area contributed by atoms with Crippen molar-refractivity contribution in [1.29, 1.82) is 0 Å². The number of hydrazone groups is 1. The molecular formula is C32H29N3O. The number of rotatable bonds is 5. The van der Waals surface area contributed by atoms with Crippen molar-refractivity contribution in [2.75, 3.05) is 16.5 Å². The molecule has 2 heterocycles. The minimum absolute atomic E-state index is 0.795. The molecule has 1 aliphatic heterocycles. The molecule has 0 N–H and O–H groups in total. The lowest BCUT2D eigenvalue weighted by molar-refractivity contribution is 0.603. The Morgan fingerprint density at radius 2 is 1.42 bits per heavy atom. The summed E-state index contributed by atoms with van der Waals surface area (Å²) in [6.07, 6.45) is 1.02. The number of hydrogen-bond acceptors (Lipinski definition) is 4. The van der Waals surface area contributed by atoms with Gasteiger partial charge in [-0.2, -0.15) is 5.10 Å². The molecule has 6 rings (SSSR count). The topological polar surface area (TPSA) is 32.0 Å². The maximum Gasteiger partial charge on any atom is 0.151 e. The van der Waals surface area contributed by atoms with Gasteiger partial charge < -0.3 is 9.32 Å². The summed E-state index contributed by atoms with van der Waals surface area (Å²) in [7, 11) is 0. The number of anilines is 4. The van der Waals surface area contributed by atoms with Gasteiger partial charge >= 0.3 is 0 Å². The fourth-order valence-electron chi connectivity index (χ4n) is 4.84. The molecule has 4 aromatic carbocycles. The van der Waals surface area contributed by atoms with E-state index in [-0.39, 0.29) is 0 Å². The lowest BCUT2D eigenvalue weighted by atomic mass is 10.1. The number of benzene rings is 4. The van der Waals surface area contributed by atoms with Gasteiger partial charge in [0.25, 0.3) is 0 Å². The zero-order valence-electron chi connectivity index (χ0n) is 20.9. The maximum absolute atomic E-state index is 6.23. The number of nitrogens with zero attached hydrogens (tertiary/aromatic N) is 3. The molecule has 0 aliphatic carbocycles. The molecule has 178 valence electrons. The van der Waals surface area contributed by atoms with E-state index < -0.39 is 0 Å². The summed E-state index contributed by atoms with van der Waals surface area (Å²) in [6, 6.07) is 34.2. The van der Waals surface area contributed by atoms with Crippen LogP contribution in [-0.4, -0.2) is 12.3 Å². The highest BCUT2D eigenvalue weighted by Gasteiger charge is 2.19. The molecule has 0 spiro atoms. The molecule has 1 aromatic heterocycles. The van der Waals surface area contributed by atoms with Crippen molar-refractivity contribution in [3.8, 4) is 0 Å². The number of para-hydroxylation sites is 1. The lowest BCUT2D eigenvalue weighted by Crippen LogP contribution is -2.15. The Morgan fingerprint density at radius 3 is 2.11 bits per heavy atom. The fourth-order valence-corrected chi connectivity index (χ4v) is 4.84. The van der Waals surface area contributed by atoms with Gasteiger partial charge in [0, 0.05) is 29.0 Å². The average molecular weight is 472 g/mol. The average Bonchev–Trinajstić information content (AvgIpc) is 3.51. The molecule has 5 aromatic rings. The molecular weight excluding hydrogens is 442 g/mol. The van der Waals surface area contributed by atoms with Crippen molar-refractivity contribution in [3.05, 3.63) is 120 Å². The third-order valence-corrected chi connectivity index (χ3v) is 6.83. The lowest BCUT2D eigenvalue weighted by Gasteiger charge is -2.25. The van der Waals surface area contributed by atoms with Crippen molar-refractivity contribution < 1.29 is 4.42 Å². The maximum atomic E-state index is 6.23. The van der Waals surface area contributed by atoms with Crippen LogP contribution in [0.2, 0.25) is 0 Å². The van der Waals surface area contributed by atoms with Crippen molar-refractivity contribution >= 4 is 39.4 Å². The van der Waals surface area contributed by atoms with Gasteiger partial charge in [-0.25, -0.2) is 0 Å². The molecule has 0 fully saturated rings. The van der Waals surface area contributed by atoms with Gasteiger partial charge in [0.1, 0.15) is 11.3 Å². The quantitative estimate of drug-likeness (QED) is 0.242. The van der Waals surface area contributed by atoms with Crippen LogP contribution in [0.25, 0.3) is 11.0 Å². The highest BCUT2D eigenvalue weighted by Crippen LogP contribution is 2.37. The highest BCUT2D eigenvalue weighted by molar-refractivity contribution is 6.01. The molecule has 4 nitrogen and oxygen atoms in total. The van der Waals surface area contributed by atoms with Crippen LogP contribution in [0.3, 0.4) is 0 Å². The second-order valence-electron chi connectivity index (χ2n) is 9.53. The van der Waals surface area contributed by atoms with Crippen LogP contribution >= 0.6 is 0 Å². The van der Waals surface area contributed by atoms with E-state index >= 15 is 0 Å². The largest absolute Gasteiger partial charge is 0.455 e. The van der Waals surface area contributed by atoms with Gasteiger partial charge in [-0.1, -0.05) is 53.6 Å². The molecule has 0 saturated carbocycles. The van der Waals surface area contributed by atoms with Crippen molar-refractivity contribution in [2.24, 2.45) is 5.10 Å². The first-order chi connectivity index (χ1) is 17.5. The van der Waals surface area contributed by atoms with E-state index in [2.05, 4.69) is 121 Å². The van der Waals surface area contributed by atoms with Crippen molar-refractivity contribution in [2.45, 2.75) is 27.2 Å². The summed E-state index contributed by atoms with van der Waals surface area (Å²) in [6.45, 7) is 7.14. The second-order valence-corrected chi connectivity index (χ2v) is 9.53. The number of hydrogen-bond donors (Lipinski definition) is 0. The summed E-state index contributed by atoms with van der Waals surface area (Å²) >= 11 is 0. The normalized spacial score (nSPS) is 13.3. The van der Waals surface area contributed by atoms with E-state index in [0.29, 0.717) is 0 Å². The van der Waals surface area contributed by atoms with Crippen LogP contribution in [0.1, 0.15) is 29.4 Å². The molecule has 0 radical (unpaired) electrons. The third-order valence-electron chi connectivity index (χ3n) is 6.83. The number of fused-ring (bicyclic) bond motifs is 2. The van der Waals surface area contributed by atoms with Gasteiger partial charge in [-0.05, 0) is 87.4 Å². The van der Waals surface area contributed by atoms with Crippen LogP contribution in [-0.2, 0) is 6.42 Å². The molecule has 0 bridgehead atoms. The van der Waals surface area contributed by atoms with Crippen molar-refractivity contribution in [1.82, 2.24) is 0 Å². The Bertz CT molecular complexity index is 1520. The summed E-state index contributed by atoms with van der Waals surface area (Å²) < 4.78 is 6.23. The Hall–Kier alpha value is -4.31. The van der Waals surface area contributed by atoms with Gasteiger partial charge in [0.05, 0.1) is 5.69 Å². The molecule has 36 heavy (non-hydrogen) atoms. The SMILES string of the molecule is C/C(=N\N1CCc2ccccc21)c1cc2cc(N(c3ccc(C)cc3)c3ccc(C)cc3)ccc2o1. The summed E-state index contributed by atoms with van der Waals surface area (Å²) in [5.74, 6) is 0.795. The first-order valence-corrected chi connectivity index (χ1v) is 12.4. The minimum atomic E-state index is 0.795. The van der Waals surface area contributed by atoms with Gasteiger partial charge in [-0.15, -0.1) is 0 Å². The zero-order chi connectivity index (χ0) is 24.6. The van der Waals surface area contributed by atoms with E-state index in [1.165, 1.54) is 22.4 Å². The molecule has 0 amide bonds. The highest BCUT2D eigenvalue weighted by atomic mass is 16.3. The van der Waals surface area contributed by atoms with Gasteiger partial charge in [0.15, 0.2) is 5.76 Å². The number of aryl methyl sites for hydroxylation is 2. The van der Waals surface area contributed by atoms with Gasteiger partial charge in [-0.3, -0.25) is 5.01 Å². The molecule has 0 unspecified atom stereocenters. The molecule has 1 aliphatic rings. The van der Waals surface area contributed by atoms with Crippen LogP contribution in [0, 0.1) is 13.8 Å². The van der Waals surface area contributed by atoms with Crippen LogP contribution < -0.4 is 9.91 Å². The third kappa shape index (κ3) is 4.16. The number of furan rings is 1. The van der Waals surface area contributed by atoms with Crippen LogP contribution in [0.5, 0.6) is 0 Å². The van der Waals surface area contributed by atoms with Crippen LogP contribution in [0.15, 0.2) is 107 Å². The summed E-state index contributed by atoms with van der Waals surface area (Å²) in [5.41, 5.74) is 10.1. The smallest absolute Gasteiger partial charge is 0.151 e. The van der Waals surface area contributed by atoms with E-state index in [4.69, 9.17) is 9.52 Å². The Labute approximate surface area is 212 Å². The predicted octanol–water partition coefficient (Wildman–Crippen LogP) is 8.31. The Balaban J connectivity index is 1.37.